The van der Waals surface area contributed by atoms with Gasteiger partial charge in [-0.15, -0.1) is 17.8 Å². The predicted octanol–water partition coefficient (Wildman–Crippen LogP) is 3.37. The van der Waals surface area contributed by atoms with E-state index < -0.39 is 0 Å². The lowest BCUT2D eigenvalue weighted by atomic mass is 10.2. The number of rotatable bonds is 3. The lowest BCUT2D eigenvalue weighted by molar-refractivity contribution is 0.966. The van der Waals surface area contributed by atoms with Crippen LogP contribution >= 0.6 is 11.3 Å². The number of nitrogens with zero attached hydrogens (tertiary/aromatic N) is 4. The fourth-order valence-corrected chi connectivity index (χ4v) is 4.01. The number of thiophene rings is 1. The quantitative estimate of drug-likeness (QED) is 0.526. The molecule has 0 spiro atoms. The molecule has 0 aliphatic carbocycles. The molecule has 5 nitrogen and oxygen atoms in total. The van der Waals surface area contributed by atoms with E-state index in [0.717, 1.165) is 27.2 Å². The third kappa shape index (κ3) is 2.54. The lowest BCUT2D eigenvalue weighted by Gasteiger charge is -2.16. The van der Waals surface area contributed by atoms with Crippen LogP contribution in [-0.4, -0.2) is 28.1 Å². The van der Waals surface area contributed by atoms with E-state index in [4.69, 9.17) is 6.42 Å². The van der Waals surface area contributed by atoms with Gasteiger partial charge in [-0.3, -0.25) is 9.36 Å². The number of pyridine rings is 1. The summed E-state index contributed by atoms with van der Waals surface area (Å²) in [7, 11) is 1.92. The van der Waals surface area contributed by atoms with E-state index >= 15 is 0 Å². The Morgan fingerprint density at radius 3 is 2.73 bits per heavy atom. The van der Waals surface area contributed by atoms with E-state index in [9.17, 15) is 4.79 Å². The minimum absolute atomic E-state index is 0.0904. The Bertz CT molecular complexity index is 1210. The van der Waals surface area contributed by atoms with Gasteiger partial charge < -0.3 is 4.90 Å². The molecule has 3 heterocycles. The number of terminal acetylenes is 1. The van der Waals surface area contributed by atoms with Crippen LogP contribution in [0.3, 0.4) is 0 Å². The standard InChI is InChI=1S/C20H16N4OS/c1-4-11-23(3)15-9-10-21-19-16(15)17-18(26-19)20(25)24(12-22-17)14-7-5-13(2)6-8-14/h1,5-10,12H,11H2,2-3H3. The van der Waals surface area contributed by atoms with Gasteiger partial charge in [-0.1, -0.05) is 23.6 Å². The number of hydrogen-bond acceptors (Lipinski definition) is 5. The summed E-state index contributed by atoms with van der Waals surface area (Å²) in [6, 6.07) is 9.69. The molecule has 3 aromatic heterocycles. The number of anilines is 1. The maximum Gasteiger partial charge on any atom is 0.275 e. The maximum absolute atomic E-state index is 13.0. The molecule has 6 heteroatoms. The number of hydrogen-bond donors (Lipinski definition) is 0. The summed E-state index contributed by atoms with van der Waals surface area (Å²) < 4.78 is 2.17. The minimum atomic E-state index is -0.0904. The number of aromatic nitrogens is 3. The molecule has 4 aromatic rings. The van der Waals surface area contributed by atoms with Crippen LogP contribution < -0.4 is 10.5 Å². The van der Waals surface area contributed by atoms with Crippen molar-refractivity contribution in [1.82, 2.24) is 14.5 Å². The summed E-state index contributed by atoms with van der Waals surface area (Å²) in [5.74, 6) is 2.64. The summed E-state index contributed by atoms with van der Waals surface area (Å²) in [5, 5.41) is 0.874. The Kier molecular flexibility index (Phi) is 3.94. The molecule has 4 rings (SSSR count). The highest BCUT2D eigenvalue weighted by molar-refractivity contribution is 7.25. The topological polar surface area (TPSA) is 51.0 Å². The molecule has 0 radical (unpaired) electrons. The predicted molar refractivity (Wildman–Crippen MR) is 107 cm³/mol. The van der Waals surface area contributed by atoms with Gasteiger partial charge in [0.15, 0.2) is 0 Å². The highest BCUT2D eigenvalue weighted by atomic mass is 32.1. The van der Waals surface area contributed by atoms with Gasteiger partial charge in [0.05, 0.1) is 23.3 Å². The Labute approximate surface area is 154 Å². The second-order valence-electron chi connectivity index (χ2n) is 6.11. The van der Waals surface area contributed by atoms with Crippen LogP contribution in [0.25, 0.3) is 26.1 Å². The second kappa shape index (κ2) is 6.28. The molecule has 0 atom stereocenters. The van der Waals surface area contributed by atoms with Crippen LogP contribution in [0, 0.1) is 19.3 Å². The van der Waals surface area contributed by atoms with Crippen molar-refractivity contribution in [2.75, 3.05) is 18.5 Å². The van der Waals surface area contributed by atoms with E-state index in [1.807, 2.05) is 49.2 Å². The van der Waals surface area contributed by atoms with E-state index in [1.165, 1.54) is 11.3 Å². The van der Waals surface area contributed by atoms with Crippen molar-refractivity contribution in [1.29, 1.82) is 0 Å². The molecule has 0 saturated carbocycles. The van der Waals surface area contributed by atoms with Crippen molar-refractivity contribution in [3.05, 3.63) is 58.8 Å². The van der Waals surface area contributed by atoms with E-state index in [1.54, 1.807) is 17.1 Å². The summed E-state index contributed by atoms with van der Waals surface area (Å²) in [6.45, 7) is 2.48. The molecule has 0 bridgehead atoms. The first-order chi connectivity index (χ1) is 12.6. The molecular weight excluding hydrogens is 344 g/mol. The first kappa shape index (κ1) is 16.3. The molecule has 1 aromatic carbocycles. The zero-order valence-electron chi connectivity index (χ0n) is 14.4. The Morgan fingerprint density at radius 1 is 1.23 bits per heavy atom. The van der Waals surface area contributed by atoms with Crippen molar-refractivity contribution < 1.29 is 0 Å². The highest BCUT2D eigenvalue weighted by Gasteiger charge is 2.17. The smallest absolute Gasteiger partial charge is 0.275 e. The average molecular weight is 360 g/mol. The monoisotopic (exact) mass is 360 g/mol. The maximum atomic E-state index is 13.0. The zero-order chi connectivity index (χ0) is 18.3. The summed E-state index contributed by atoms with van der Waals surface area (Å²) >= 11 is 1.36. The van der Waals surface area contributed by atoms with Gasteiger partial charge in [0, 0.05) is 13.2 Å². The first-order valence-corrected chi connectivity index (χ1v) is 8.92. The minimum Gasteiger partial charge on any atom is -0.363 e. The van der Waals surface area contributed by atoms with E-state index in [0.29, 0.717) is 16.8 Å². The molecule has 0 unspecified atom stereocenters. The molecule has 0 aliphatic rings. The largest absolute Gasteiger partial charge is 0.363 e. The highest BCUT2D eigenvalue weighted by Crippen LogP contribution is 2.35. The van der Waals surface area contributed by atoms with Gasteiger partial charge in [-0.05, 0) is 25.1 Å². The van der Waals surface area contributed by atoms with Gasteiger partial charge in [0.2, 0.25) is 0 Å². The normalized spacial score (nSPS) is 11.0. The summed E-state index contributed by atoms with van der Waals surface area (Å²) in [4.78, 5) is 24.8. The zero-order valence-corrected chi connectivity index (χ0v) is 15.2. The van der Waals surface area contributed by atoms with Crippen molar-refractivity contribution in [2.24, 2.45) is 0 Å². The van der Waals surface area contributed by atoms with Crippen LogP contribution in [0.15, 0.2) is 47.7 Å². The number of benzene rings is 1. The molecule has 0 N–H and O–H groups in total. The van der Waals surface area contributed by atoms with Gasteiger partial charge in [-0.25, -0.2) is 9.97 Å². The van der Waals surface area contributed by atoms with Crippen LogP contribution in [0.1, 0.15) is 5.56 Å². The van der Waals surface area contributed by atoms with Crippen molar-refractivity contribution in [3.63, 3.8) is 0 Å². The van der Waals surface area contributed by atoms with Crippen molar-refractivity contribution >= 4 is 37.5 Å². The Hall–Kier alpha value is -3.17. The summed E-state index contributed by atoms with van der Waals surface area (Å²) in [6.07, 6.45) is 8.76. The van der Waals surface area contributed by atoms with Crippen LogP contribution in [0.4, 0.5) is 5.69 Å². The molecule has 0 amide bonds. The SMILES string of the molecule is C#CCN(C)c1ccnc2sc3c(=O)n(-c4ccc(C)cc4)cnc3c12. The van der Waals surface area contributed by atoms with Crippen LogP contribution in [0.2, 0.25) is 0 Å². The molecule has 0 saturated heterocycles. The third-order valence-corrected chi connectivity index (χ3v) is 5.39. The Morgan fingerprint density at radius 2 is 2.00 bits per heavy atom. The molecule has 128 valence electrons. The molecule has 26 heavy (non-hydrogen) atoms. The van der Waals surface area contributed by atoms with Crippen molar-refractivity contribution in [2.45, 2.75) is 6.92 Å². The number of fused-ring (bicyclic) bond motifs is 3. The van der Waals surface area contributed by atoms with E-state index in [-0.39, 0.29) is 5.56 Å². The lowest BCUT2D eigenvalue weighted by Crippen LogP contribution is -2.18. The second-order valence-corrected chi connectivity index (χ2v) is 7.10. The molecule has 0 aliphatic heterocycles. The van der Waals surface area contributed by atoms with Crippen LogP contribution in [-0.2, 0) is 0 Å². The first-order valence-electron chi connectivity index (χ1n) is 8.10. The summed E-state index contributed by atoms with van der Waals surface area (Å²) in [5.41, 5.74) is 3.45. The number of aryl methyl sites for hydroxylation is 1. The Balaban J connectivity index is 1.98. The fraction of sp³-hybridized carbons (Fsp3) is 0.150. The average Bonchev–Trinajstić information content (AvgIpc) is 3.03. The van der Waals surface area contributed by atoms with Gasteiger partial charge in [0.25, 0.3) is 5.56 Å². The van der Waals surface area contributed by atoms with Gasteiger partial charge >= 0.3 is 0 Å². The van der Waals surface area contributed by atoms with Gasteiger partial charge in [0.1, 0.15) is 21.4 Å². The van der Waals surface area contributed by atoms with Crippen LogP contribution in [0.5, 0.6) is 0 Å². The van der Waals surface area contributed by atoms with Crippen molar-refractivity contribution in [3.8, 4) is 18.0 Å². The van der Waals surface area contributed by atoms with E-state index in [2.05, 4.69) is 15.9 Å². The fourth-order valence-electron chi connectivity index (χ4n) is 2.97. The molecule has 0 fully saturated rings. The van der Waals surface area contributed by atoms with Gasteiger partial charge in [-0.2, -0.15) is 0 Å². The molecular formula is C20H16N4OS. The third-order valence-electron chi connectivity index (χ3n) is 4.31.